The number of benzene rings is 2. The fraction of sp³-hybridized carbons (Fsp3) is 0.238. The maximum Gasteiger partial charge on any atom is 0.270 e. The van der Waals surface area contributed by atoms with E-state index in [1.807, 2.05) is 0 Å². The Kier molecular flexibility index (Phi) is 8.03. The van der Waals surface area contributed by atoms with Gasteiger partial charge in [-0.2, -0.15) is 5.10 Å². The van der Waals surface area contributed by atoms with E-state index in [1.54, 1.807) is 35.9 Å². The van der Waals surface area contributed by atoms with Crippen LogP contribution < -0.4 is 19.6 Å². The largest absolute Gasteiger partial charge is 0.493 e. The molecule has 0 spiro atoms. The van der Waals surface area contributed by atoms with Gasteiger partial charge in [0.2, 0.25) is 5.75 Å². The van der Waals surface area contributed by atoms with Crippen LogP contribution in [0.25, 0.3) is 11.4 Å². The van der Waals surface area contributed by atoms with E-state index in [0.29, 0.717) is 39.4 Å². The van der Waals surface area contributed by atoms with Crippen LogP contribution in [-0.4, -0.2) is 58.9 Å². The minimum Gasteiger partial charge on any atom is -0.493 e. The Morgan fingerprint density at radius 3 is 2.50 bits per heavy atom. The Morgan fingerprint density at radius 2 is 1.88 bits per heavy atom. The molecule has 0 aliphatic rings. The Balaban J connectivity index is 1.62. The maximum absolute atomic E-state index is 12.2. The smallest absolute Gasteiger partial charge is 0.270 e. The molecule has 1 amide bonds. The first kappa shape index (κ1) is 24.5. The molecule has 34 heavy (non-hydrogen) atoms. The lowest BCUT2D eigenvalue weighted by Crippen LogP contribution is -2.19. The number of nitro benzene ring substituents is 1. The Labute approximate surface area is 199 Å². The Bertz CT molecular complexity index is 1200. The van der Waals surface area contributed by atoms with Crippen LogP contribution in [0.1, 0.15) is 5.56 Å². The number of aromatic nitrogens is 3. The summed E-state index contributed by atoms with van der Waals surface area (Å²) in [6, 6.07) is 9.49. The maximum atomic E-state index is 12.2. The third kappa shape index (κ3) is 5.61. The van der Waals surface area contributed by atoms with Gasteiger partial charge in [0, 0.05) is 30.3 Å². The lowest BCUT2D eigenvalue weighted by atomic mass is 10.2. The number of carbonyl (C=O) groups excluding carboxylic acids is 1. The number of non-ortho nitro benzene ring substituents is 1. The average molecular weight is 487 g/mol. The number of hydrogen-bond donors (Lipinski definition) is 1. The second-order valence-electron chi connectivity index (χ2n) is 6.71. The number of nitrogens with zero attached hydrogens (tertiary/aromatic N) is 5. The summed E-state index contributed by atoms with van der Waals surface area (Å²) in [4.78, 5) is 22.7. The molecule has 0 aliphatic heterocycles. The molecular formula is C21H22N6O6S. The van der Waals surface area contributed by atoms with Crippen molar-refractivity contribution < 1.29 is 23.9 Å². The monoisotopic (exact) mass is 486 g/mol. The van der Waals surface area contributed by atoms with Crippen LogP contribution >= 0.6 is 11.8 Å². The minimum absolute atomic E-state index is 0.0352. The SMILES string of the molecule is COc1cc(/C=N/NC(=O)CSc2nnc(-c3cccc([N+](=O)[O-])c3)n2C)cc(OC)c1OC. The molecular weight excluding hydrogens is 464 g/mol. The average Bonchev–Trinajstić information content (AvgIpc) is 3.22. The predicted octanol–water partition coefficient (Wildman–Crippen LogP) is 2.66. The molecule has 2 aromatic carbocycles. The van der Waals surface area contributed by atoms with Crippen molar-refractivity contribution in [3.05, 3.63) is 52.1 Å². The third-order valence-corrected chi connectivity index (χ3v) is 5.59. The normalized spacial score (nSPS) is 10.8. The number of nitro groups is 1. The zero-order valence-corrected chi connectivity index (χ0v) is 19.7. The van der Waals surface area contributed by atoms with Crippen LogP contribution in [0.3, 0.4) is 0 Å². The van der Waals surface area contributed by atoms with Gasteiger partial charge >= 0.3 is 0 Å². The van der Waals surface area contributed by atoms with E-state index in [2.05, 4.69) is 20.7 Å². The van der Waals surface area contributed by atoms with Gasteiger partial charge in [0.25, 0.3) is 11.6 Å². The lowest BCUT2D eigenvalue weighted by molar-refractivity contribution is -0.384. The van der Waals surface area contributed by atoms with Crippen LogP contribution in [0.15, 0.2) is 46.7 Å². The number of amides is 1. The van der Waals surface area contributed by atoms with E-state index in [9.17, 15) is 14.9 Å². The lowest BCUT2D eigenvalue weighted by Gasteiger charge is -2.12. The summed E-state index contributed by atoms with van der Waals surface area (Å²) in [5, 5.41) is 23.6. The van der Waals surface area contributed by atoms with Crippen LogP contribution in [0, 0.1) is 10.1 Å². The number of ether oxygens (including phenoxy) is 3. The molecule has 3 rings (SSSR count). The second-order valence-corrected chi connectivity index (χ2v) is 7.66. The molecule has 13 heteroatoms. The van der Waals surface area contributed by atoms with Crippen molar-refractivity contribution in [2.75, 3.05) is 27.1 Å². The molecule has 1 aromatic heterocycles. The quantitative estimate of drug-likeness (QED) is 0.198. The Hall–Kier alpha value is -4.13. The van der Waals surface area contributed by atoms with Gasteiger partial charge < -0.3 is 18.8 Å². The predicted molar refractivity (Wildman–Crippen MR) is 126 cm³/mol. The molecule has 1 N–H and O–H groups in total. The number of thioether (sulfide) groups is 1. The topological polar surface area (TPSA) is 143 Å². The summed E-state index contributed by atoms with van der Waals surface area (Å²) >= 11 is 1.16. The Morgan fingerprint density at radius 1 is 1.18 bits per heavy atom. The summed E-state index contributed by atoms with van der Waals surface area (Å²) in [5.41, 5.74) is 3.59. The highest BCUT2D eigenvalue weighted by Gasteiger charge is 2.16. The van der Waals surface area contributed by atoms with Crippen molar-refractivity contribution in [1.29, 1.82) is 0 Å². The molecule has 3 aromatic rings. The van der Waals surface area contributed by atoms with E-state index in [0.717, 1.165) is 11.8 Å². The first-order chi connectivity index (χ1) is 16.4. The van der Waals surface area contributed by atoms with Crippen LogP contribution in [0.4, 0.5) is 5.69 Å². The van der Waals surface area contributed by atoms with Gasteiger partial charge in [-0.3, -0.25) is 14.9 Å². The molecule has 0 atom stereocenters. The van der Waals surface area contributed by atoms with Crippen molar-refractivity contribution in [2.24, 2.45) is 12.1 Å². The van der Waals surface area contributed by atoms with Crippen molar-refractivity contribution >= 4 is 29.6 Å². The number of carbonyl (C=O) groups is 1. The van der Waals surface area contributed by atoms with Gasteiger partial charge in [-0.05, 0) is 12.1 Å². The highest BCUT2D eigenvalue weighted by Crippen LogP contribution is 2.37. The highest BCUT2D eigenvalue weighted by molar-refractivity contribution is 7.99. The molecule has 0 saturated heterocycles. The standard InChI is InChI=1S/C21H22N6O6S/c1-26-20(14-6-5-7-15(10-14)27(29)30)24-25-21(26)34-12-18(28)23-22-11-13-8-16(31-2)19(33-4)17(9-13)32-3/h5-11H,12H2,1-4H3,(H,23,28)/b22-11+. The summed E-state index contributed by atoms with van der Waals surface area (Å²) in [6.07, 6.45) is 1.45. The van der Waals surface area contributed by atoms with E-state index >= 15 is 0 Å². The van der Waals surface area contributed by atoms with E-state index in [-0.39, 0.29) is 17.3 Å². The van der Waals surface area contributed by atoms with Crippen LogP contribution in [0.5, 0.6) is 17.2 Å². The summed E-state index contributed by atoms with van der Waals surface area (Å²) in [5.74, 6) is 1.52. The van der Waals surface area contributed by atoms with Gasteiger partial charge in [0.15, 0.2) is 22.5 Å². The van der Waals surface area contributed by atoms with Crippen molar-refractivity contribution in [2.45, 2.75) is 5.16 Å². The van der Waals surface area contributed by atoms with E-state index < -0.39 is 4.92 Å². The molecule has 0 unspecified atom stereocenters. The summed E-state index contributed by atoms with van der Waals surface area (Å²) in [7, 11) is 6.25. The zero-order valence-electron chi connectivity index (χ0n) is 18.8. The van der Waals surface area contributed by atoms with Gasteiger partial charge in [0.1, 0.15) is 0 Å². The number of hydrogen-bond acceptors (Lipinski definition) is 10. The van der Waals surface area contributed by atoms with Crippen molar-refractivity contribution in [3.63, 3.8) is 0 Å². The first-order valence-electron chi connectivity index (χ1n) is 9.76. The van der Waals surface area contributed by atoms with Gasteiger partial charge in [-0.25, -0.2) is 5.43 Å². The van der Waals surface area contributed by atoms with Crippen molar-refractivity contribution in [1.82, 2.24) is 20.2 Å². The fourth-order valence-corrected chi connectivity index (χ4v) is 3.67. The second kappa shape index (κ2) is 11.1. The number of hydrazone groups is 1. The number of rotatable bonds is 10. The molecule has 12 nitrogen and oxygen atoms in total. The first-order valence-corrected chi connectivity index (χ1v) is 10.8. The fourth-order valence-electron chi connectivity index (χ4n) is 2.97. The van der Waals surface area contributed by atoms with Gasteiger partial charge in [0.05, 0.1) is 38.2 Å². The van der Waals surface area contributed by atoms with Crippen LogP contribution in [0.2, 0.25) is 0 Å². The molecule has 178 valence electrons. The van der Waals surface area contributed by atoms with Crippen molar-refractivity contribution in [3.8, 4) is 28.6 Å². The summed E-state index contributed by atoms with van der Waals surface area (Å²) < 4.78 is 17.5. The number of nitrogens with one attached hydrogen (secondary N) is 1. The molecule has 0 saturated carbocycles. The van der Waals surface area contributed by atoms with Crippen LogP contribution in [-0.2, 0) is 11.8 Å². The minimum atomic E-state index is -0.474. The van der Waals surface area contributed by atoms with Gasteiger partial charge in [-0.1, -0.05) is 23.9 Å². The highest BCUT2D eigenvalue weighted by atomic mass is 32.2. The third-order valence-electron chi connectivity index (χ3n) is 4.57. The molecule has 0 aliphatic carbocycles. The van der Waals surface area contributed by atoms with E-state index in [4.69, 9.17) is 14.2 Å². The van der Waals surface area contributed by atoms with Gasteiger partial charge in [-0.15, -0.1) is 10.2 Å². The molecule has 0 radical (unpaired) electrons. The molecule has 1 heterocycles. The molecule has 0 fully saturated rings. The zero-order chi connectivity index (χ0) is 24.7. The molecule has 0 bridgehead atoms. The summed E-state index contributed by atoms with van der Waals surface area (Å²) in [6.45, 7) is 0. The van der Waals surface area contributed by atoms with E-state index in [1.165, 1.54) is 39.7 Å². The number of methoxy groups -OCH3 is 3.